The van der Waals surface area contributed by atoms with Crippen LogP contribution in [-0.2, 0) is 11.2 Å². The van der Waals surface area contributed by atoms with E-state index >= 15 is 0 Å². The second kappa shape index (κ2) is 9.05. The summed E-state index contributed by atoms with van der Waals surface area (Å²) in [5.74, 6) is -0.258. The van der Waals surface area contributed by atoms with E-state index in [1.165, 1.54) is 23.9 Å². The minimum atomic E-state index is -0.634. The number of hydrogen-bond acceptors (Lipinski definition) is 6. The van der Waals surface area contributed by atoms with Gasteiger partial charge in [0.1, 0.15) is 17.1 Å². The fraction of sp³-hybridized carbons (Fsp3) is 0.333. The van der Waals surface area contributed by atoms with Crippen molar-refractivity contribution in [1.82, 2.24) is 14.9 Å². The molecule has 9 heteroatoms. The number of carbonyl (C=O) groups excluding carboxylic acids is 2. The summed E-state index contributed by atoms with van der Waals surface area (Å²) < 4.78 is 5.71. The molecule has 4 rings (SSSR count). The zero-order chi connectivity index (χ0) is 23.9. The van der Waals surface area contributed by atoms with Gasteiger partial charge in [-0.05, 0) is 69.0 Å². The molecule has 2 aromatic heterocycles. The van der Waals surface area contributed by atoms with Gasteiger partial charge in [-0.25, -0.2) is 14.8 Å². The lowest BCUT2D eigenvalue weighted by atomic mass is 9.88. The lowest BCUT2D eigenvalue weighted by Gasteiger charge is -2.38. The molecule has 0 radical (unpaired) electrons. The Morgan fingerprint density at radius 2 is 1.94 bits per heavy atom. The van der Waals surface area contributed by atoms with E-state index in [4.69, 9.17) is 27.9 Å². The van der Waals surface area contributed by atoms with Crippen LogP contribution >= 0.6 is 34.5 Å². The predicted octanol–water partition coefficient (Wildman–Crippen LogP) is 6.27. The number of halogens is 2. The Hall–Kier alpha value is -2.48. The molecule has 0 aliphatic carbocycles. The Kier molecular flexibility index (Phi) is 6.49. The monoisotopic (exact) mass is 503 g/mol. The minimum absolute atomic E-state index is 0.104. The van der Waals surface area contributed by atoms with Crippen molar-refractivity contribution in [2.45, 2.75) is 45.8 Å². The third kappa shape index (κ3) is 4.90. The first-order chi connectivity index (χ1) is 15.5. The van der Waals surface area contributed by atoms with Crippen LogP contribution in [-0.4, -0.2) is 38.9 Å². The normalized spacial score (nSPS) is 15.8. The lowest BCUT2D eigenvalue weighted by molar-refractivity contribution is 0.0178. The molecule has 0 saturated heterocycles. The molecule has 1 aliphatic rings. The number of nitrogens with zero attached hydrogens (tertiary/aromatic N) is 3. The van der Waals surface area contributed by atoms with E-state index in [-0.39, 0.29) is 16.5 Å². The predicted molar refractivity (Wildman–Crippen MR) is 129 cm³/mol. The number of ketones is 1. The Morgan fingerprint density at radius 3 is 2.64 bits per heavy atom. The van der Waals surface area contributed by atoms with E-state index in [0.717, 1.165) is 21.6 Å². The first-order valence-corrected chi connectivity index (χ1v) is 12.0. The first kappa shape index (κ1) is 23.7. The SMILES string of the molecule is Cc1sc(C(=O)c2cncnc2Cl)cc1C1c2cc(Cl)ccc2CCN1C(=O)OC(C)(C)C. The van der Waals surface area contributed by atoms with Crippen LogP contribution in [0.25, 0.3) is 0 Å². The van der Waals surface area contributed by atoms with Crippen molar-refractivity contribution in [3.8, 4) is 0 Å². The van der Waals surface area contributed by atoms with Crippen molar-refractivity contribution in [2.75, 3.05) is 6.54 Å². The van der Waals surface area contributed by atoms with Crippen LogP contribution in [0.1, 0.15) is 63.6 Å². The zero-order valence-corrected chi connectivity index (χ0v) is 21.0. The maximum atomic E-state index is 13.2. The molecule has 1 aliphatic heterocycles. The van der Waals surface area contributed by atoms with Crippen molar-refractivity contribution in [3.63, 3.8) is 0 Å². The van der Waals surface area contributed by atoms with E-state index in [1.807, 2.05) is 52.0 Å². The van der Waals surface area contributed by atoms with Gasteiger partial charge in [0.15, 0.2) is 0 Å². The number of fused-ring (bicyclic) bond motifs is 1. The summed E-state index contributed by atoms with van der Waals surface area (Å²) in [5.41, 5.74) is 2.50. The number of hydrogen-bond donors (Lipinski definition) is 0. The van der Waals surface area contributed by atoms with Crippen LogP contribution in [0.4, 0.5) is 4.79 Å². The summed E-state index contributed by atoms with van der Waals surface area (Å²) in [6.07, 6.45) is 2.99. The van der Waals surface area contributed by atoms with Gasteiger partial charge in [-0.2, -0.15) is 0 Å². The number of rotatable bonds is 3. The van der Waals surface area contributed by atoms with Crippen LogP contribution in [0.15, 0.2) is 36.8 Å². The molecule has 172 valence electrons. The molecule has 1 atom stereocenters. The van der Waals surface area contributed by atoms with Crippen LogP contribution in [0.2, 0.25) is 10.2 Å². The van der Waals surface area contributed by atoms with Gasteiger partial charge in [0.2, 0.25) is 5.78 Å². The molecule has 0 spiro atoms. The zero-order valence-electron chi connectivity index (χ0n) is 18.7. The number of ether oxygens (including phenoxy) is 1. The van der Waals surface area contributed by atoms with Gasteiger partial charge < -0.3 is 4.74 Å². The molecular formula is C24H23Cl2N3O3S. The first-order valence-electron chi connectivity index (χ1n) is 10.4. The van der Waals surface area contributed by atoms with Gasteiger partial charge >= 0.3 is 6.09 Å². The highest BCUT2D eigenvalue weighted by molar-refractivity contribution is 7.14. The number of thiophene rings is 1. The quantitative estimate of drug-likeness (QED) is 0.311. The summed E-state index contributed by atoms with van der Waals surface area (Å²) in [6.45, 7) is 7.95. The van der Waals surface area contributed by atoms with E-state index in [9.17, 15) is 9.59 Å². The Morgan fingerprint density at radius 1 is 1.18 bits per heavy atom. The number of amides is 1. The number of carbonyl (C=O) groups is 2. The van der Waals surface area contributed by atoms with Gasteiger partial charge in [-0.1, -0.05) is 29.3 Å². The average molecular weight is 504 g/mol. The number of aromatic nitrogens is 2. The molecule has 6 nitrogen and oxygen atoms in total. The van der Waals surface area contributed by atoms with E-state index in [2.05, 4.69) is 9.97 Å². The molecule has 33 heavy (non-hydrogen) atoms. The summed E-state index contributed by atoms with van der Waals surface area (Å²) in [7, 11) is 0. The standard InChI is InChI=1S/C24H23Cl2N3O3S/c1-13-16(10-19(33-13)21(30)18-11-27-12-28-22(18)26)20-17-9-15(25)6-5-14(17)7-8-29(20)23(31)32-24(2,3)4/h5-6,9-12,20H,7-8H2,1-4H3. The van der Waals surface area contributed by atoms with Gasteiger partial charge in [-0.3, -0.25) is 9.69 Å². The summed E-state index contributed by atoms with van der Waals surface area (Å²) in [6, 6.07) is 7.13. The molecule has 1 aromatic carbocycles. The average Bonchev–Trinajstić information content (AvgIpc) is 3.12. The highest BCUT2D eigenvalue weighted by Gasteiger charge is 2.36. The molecule has 3 heterocycles. The minimum Gasteiger partial charge on any atom is -0.444 e. The molecule has 0 fully saturated rings. The van der Waals surface area contributed by atoms with Crippen LogP contribution in [0.5, 0.6) is 0 Å². The Bertz CT molecular complexity index is 1240. The molecule has 1 amide bonds. The maximum absolute atomic E-state index is 13.2. The highest BCUT2D eigenvalue weighted by Crippen LogP contribution is 2.41. The van der Waals surface area contributed by atoms with Crippen LogP contribution in [0, 0.1) is 6.92 Å². The lowest BCUT2D eigenvalue weighted by Crippen LogP contribution is -2.43. The van der Waals surface area contributed by atoms with Crippen molar-refractivity contribution in [2.24, 2.45) is 0 Å². The van der Waals surface area contributed by atoms with E-state index < -0.39 is 17.7 Å². The fourth-order valence-electron chi connectivity index (χ4n) is 3.92. The molecule has 3 aromatic rings. The van der Waals surface area contributed by atoms with Crippen molar-refractivity contribution in [3.05, 3.63) is 79.0 Å². The Labute approximate surface area is 206 Å². The smallest absolute Gasteiger partial charge is 0.411 e. The molecular weight excluding hydrogens is 481 g/mol. The molecule has 0 bridgehead atoms. The second-order valence-corrected chi connectivity index (χ2v) is 10.9. The van der Waals surface area contributed by atoms with Crippen molar-refractivity contribution >= 4 is 46.4 Å². The number of benzene rings is 1. The topological polar surface area (TPSA) is 72.4 Å². The number of aryl methyl sites for hydroxylation is 1. The molecule has 1 unspecified atom stereocenters. The summed E-state index contributed by atoms with van der Waals surface area (Å²) in [5, 5.41) is 0.690. The third-order valence-corrected chi connectivity index (χ3v) is 6.95. The summed E-state index contributed by atoms with van der Waals surface area (Å²) >= 11 is 13.8. The van der Waals surface area contributed by atoms with E-state index in [0.29, 0.717) is 22.9 Å². The van der Waals surface area contributed by atoms with Gasteiger partial charge in [0.05, 0.1) is 16.5 Å². The summed E-state index contributed by atoms with van der Waals surface area (Å²) in [4.78, 5) is 37.3. The van der Waals surface area contributed by atoms with Crippen molar-refractivity contribution < 1.29 is 14.3 Å². The highest BCUT2D eigenvalue weighted by atomic mass is 35.5. The van der Waals surface area contributed by atoms with Gasteiger partial charge in [-0.15, -0.1) is 11.3 Å². The van der Waals surface area contributed by atoms with Gasteiger partial charge in [0, 0.05) is 22.6 Å². The third-order valence-electron chi connectivity index (χ3n) is 5.35. The van der Waals surface area contributed by atoms with Crippen LogP contribution in [0.3, 0.4) is 0 Å². The van der Waals surface area contributed by atoms with E-state index in [1.54, 1.807) is 4.90 Å². The van der Waals surface area contributed by atoms with Crippen molar-refractivity contribution in [1.29, 1.82) is 0 Å². The molecule has 0 N–H and O–H groups in total. The maximum Gasteiger partial charge on any atom is 0.411 e. The Balaban J connectivity index is 1.80. The largest absolute Gasteiger partial charge is 0.444 e. The van der Waals surface area contributed by atoms with Gasteiger partial charge in [0.25, 0.3) is 0 Å². The second-order valence-electron chi connectivity index (χ2n) is 8.85. The molecule has 0 saturated carbocycles. The van der Waals surface area contributed by atoms with Crippen LogP contribution < -0.4 is 0 Å². The fourth-order valence-corrected chi connectivity index (χ4v) is 5.28.